The van der Waals surface area contributed by atoms with Gasteiger partial charge in [-0.2, -0.15) is 17.6 Å². The predicted octanol–water partition coefficient (Wildman–Crippen LogP) is 3.47. The zero-order valence-electron chi connectivity index (χ0n) is 7.14. The Kier molecular flexibility index (Phi) is 3.46. The minimum Gasteiger partial charge on any atom is -0.234 e. The number of hydrogen-bond donors (Lipinski definition) is 0. The Hall–Kier alpha value is -0.490. The van der Waals surface area contributed by atoms with Crippen LogP contribution in [0.3, 0.4) is 0 Å². The van der Waals surface area contributed by atoms with E-state index in [4.69, 9.17) is 0 Å². The fraction of sp³-hybridized carbons (Fsp3) is 0.857. The molecule has 14 heavy (non-hydrogen) atoms. The molecule has 0 saturated carbocycles. The molecule has 0 unspecified atom stereocenters. The van der Waals surface area contributed by atoms with Crippen molar-refractivity contribution < 1.29 is 30.7 Å². The number of halogens is 7. The molecule has 0 aromatic carbocycles. The zero-order valence-corrected chi connectivity index (χ0v) is 7.14. The highest BCUT2D eigenvalue weighted by molar-refractivity contribution is 4.96. The van der Waals surface area contributed by atoms with Crippen molar-refractivity contribution in [1.29, 1.82) is 0 Å². The number of rotatable bonds is 4. The Morgan fingerprint density at radius 3 is 1.64 bits per heavy atom. The first-order valence-corrected chi connectivity index (χ1v) is 3.53. The van der Waals surface area contributed by atoms with Gasteiger partial charge in [-0.15, -0.1) is 0 Å². The maximum absolute atomic E-state index is 12.4. The van der Waals surface area contributed by atoms with Gasteiger partial charge in [0, 0.05) is 13.3 Å². The van der Waals surface area contributed by atoms with E-state index in [0.717, 1.165) is 0 Å². The molecular formula is C7H8F7. The van der Waals surface area contributed by atoms with Gasteiger partial charge < -0.3 is 0 Å². The zero-order chi connectivity index (χ0) is 11.8. The van der Waals surface area contributed by atoms with Crippen LogP contribution in [0.2, 0.25) is 0 Å². The Balaban J connectivity index is 4.96. The first-order chi connectivity index (χ1) is 5.97. The van der Waals surface area contributed by atoms with E-state index in [1.165, 1.54) is 0 Å². The maximum Gasteiger partial charge on any atom is 0.346 e. The van der Waals surface area contributed by atoms with Crippen LogP contribution in [0.1, 0.15) is 13.3 Å². The highest BCUT2D eigenvalue weighted by atomic mass is 19.3. The third-order valence-electron chi connectivity index (χ3n) is 1.56. The van der Waals surface area contributed by atoms with Gasteiger partial charge >= 0.3 is 11.8 Å². The van der Waals surface area contributed by atoms with E-state index in [-0.39, 0.29) is 6.92 Å². The van der Waals surface area contributed by atoms with Gasteiger partial charge in [0.2, 0.25) is 6.17 Å². The summed E-state index contributed by atoms with van der Waals surface area (Å²) >= 11 is 0. The van der Waals surface area contributed by atoms with Crippen molar-refractivity contribution in [2.45, 2.75) is 37.3 Å². The van der Waals surface area contributed by atoms with Gasteiger partial charge in [0.05, 0.1) is 0 Å². The van der Waals surface area contributed by atoms with Gasteiger partial charge in [-0.1, -0.05) is 0 Å². The summed E-state index contributed by atoms with van der Waals surface area (Å²) in [5, 5.41) is 0. The molecule has 0 heterocycles. The minimum atomic E-state index is -5.42. The molecule has 0 spiro atoms. The Morgan fingerprint density at radius 2 is 1.43 bits per heavy atom. The standard InChI is InChI=1S/C7H8F7/c1-3-6(11,12)7(13,14)4(8)5(2,9)10/h4H,1,3H2,2H3/t4-/m0/s1. The quantitative estimate of drug-likeness (QED) is 0.642. The molecule has 0 aliphatic carbocycles. The summed E-state index contributed by atoms with van der Waals surface area (Å²) in [6, 6.07) is 0. The molecule has 1 atom stereocenters. The van der Waals surface area contributed by atoms with E-state index >= 15 is 0 Å². The van der Waals surface area contributed by atoms with E-state index in [1.54, 1.807) is 0 Å². The average molecular weight is 225 g/mol. The lowest BCUT2D eigenvalue weighted by Gasteiger charge is -2.30. The molecule has 0 rings (SSSR count). The largest absolute Gasteiger partial charge is 0.346 e. The molecule has 0 fully saturated rings. The van der Waals surface area contributed by atoms with Crippen molar-refractivity contribution in [3.05, 3.63) is 6.92 Å². The van der Waals surface area contributed by atoms with Gasteiger partial charge in [0.25, 0.3) is 5.92 Å². The van der Waals surface area contributed by atoms with E-state index in [1.807, 2.05) is 0 Å². The number of hydrogen-bond acceptors (Lipinski definition) is 0. The molecule has 0 N–H and O–H groups in total. The summed E-state index contributed by atoms with van der Waals surface area (Å²) in [4.78, 5) is 0. The Morgan fingerprint density at radius 1 is 1.07 bits per heavy atom. The molecule has 0 amide bonds. The highest BCUT2D eigenvalue weighted by Gasteiger charge is 2.66. The summed E-state index contributed by atoms with van der Waals surface area (Å²) in [5.74, 6) is -14.8. The third kappa shape index (κ3) is 2.30. The molecule has 0 aliphatic heterocycles. The predicted molar refractivity (Wildman–Crippen MR) is 35.4 cm³/mol. The summed E-state index contributed by atoms with van der Waals surface area (Å²) in [5.41, 5.74) is 0. The lowest BCUT2D eigenvalue weighted by Crippen LogP contribution is -2.53. The van der Waals surface area contributed by atoms with Crippen molar-refractivity contribution in [1.82, 2.24) is 0 Å². The second-order valence-electron chi connectivity index (χ2n) is 2.90. The first-order valence-electron chi connectivity index (χ1n) is 3.53. The van der Waals surface area contributed by atoms with Gasteiger partial charge in [-0.25, -0.2) is 13.2 Å². The fourth-order valence-electron chi connectivity index (χ4n) is 0.670. The van der Waals surface area contributed by atoms with Crippen molar-refractivity contribution in [2.75, 3.05) is 0 Å². The fourth-order valence-corrected chi connectivity index (χ4v) is 0.670. The lowest BCUT2D eigenvalue weighted by atomic mass is 10.0. The molecule has 0 saturated heterocycles. The lowest BCUT2D eigenvalue weighted by molar-refractivity contribution is -0.272. The number of alkyl halides is 7. The van der Waals surface area contributed by atoms with E-state index < -0.39 is 30.4 Å². The topological polar surface area (TPSA) is 0 Å². The third-order valence-corrected chi connectivity index (χ3v) is 1.56. The average Bonchev–Trinajstić information content (AvgIpc) is 2.01. The van der Waals surface area contributed by atoms with Crippen LogP contribution in [-0.2, 0) is 0 Å². The summed E-state index contributed by atoms with van der Waals surface area (Å²) in [6.07, 6.45) is -5.89. The van der Waals surface area contributed by atoms with Crippen LogP contribution in [0.25, 0.3) is 0 Å². The van der Waals surface area contributed by atoms with Crippen LogP contribution >= 0.6 is 0 Å². The molecule has 1 radical (unpaired) electrons. The summed E-state index contributed by atoms with van der Waals surface area (Å²) in [6.45, 7) is 2.26. The van der Waals surface area contributed by atoms with Crippen LogP contribution in [-0.4, -0.2) is 23.9 Å². The monoisotopic (exact) mass is 225 g/mol. The van der Waals surface area contributed by atoms with Crippen LogP contribution in [0, 0.1) is 6.92 Å². The van der Waals surface area contributed by atoms with E-state index in [2.05, 4.69) is 6.92 Å². The minimum absolute atomic E-state index is 0.190. The molecule has 0 nitrogen and oxygen atoms in total. The van der Waals surface area contributed by atoms with Gasteiger partial charge in [0.15, 0.2) is 0 Å². The maximum atomic E-state index is 12.4. The van der Waals surface area contributed by atoms with Crippen LogP contribution in [0.5, 0.6) is 0 Å². The Labute approximate surface area is 76.1 Å². The summed E-state index contributed by atoms with van der Waals surface area (Å²) in [7, 11) is 0. The molecule has 7 heteroatoms. The summed E-state index contributed by atoms with van der Waals surface area (Å²) < 4.78 is 86.0. The van der Waals surface area contributed by atoms with Gasteiger partial charge in [0.1, 0.15) is 0 Å². The van der Waals surface area contributed by atoms with Crippen LogP contribution < -0.4 is 0 Å². The smallest absolute Gasteiger partial charge is 0.234 e. The molecule has 0 bridgehead atoms. The van der Waals surface area contributed by atoms with Gasteiger partial charge in [-0.3, -0.25) is 0 Å². The van der Waals surface area contributed by atoms with Crippen molar-refractivity contribution in [3.63, 3.8) is 0 Å². The van der Waals surface area contributed by atoms with Crippen molar-refractivity contribution >= 4 is 0 Å². The van der Waals surface area contributed by atoms with E-state index in [0.29, 0.717) is 0 Å². The van der Waals surface area contributed by atoms with Crippen LogP contribution in [0.15, 0.2) is 0 Å². The van der Waals surface area contributed by atoms with Crippen molar-refractivity contribution in [2.24, 2.45) is 0 Å². The van der Waals surface area contributed by atoms with Crippen molar-refractivity contribution in [3.8, 4) is 0 Å². The molecule has 0 aromatic heterocycles. The second-order valence-corrected chi connectivity index (χ2v) is 2.90. The second kappa shape index (κ2) is 3.58. The SMILES string of the molecule is [CH2]CC(F)(F)C(F)(F)[C@@H](F)C(C)(F)F. The van der Waals surface area contributed by atoms with Crippen LogP contribution in [0.4, 0.5) is 30.7 Å². The molecule has 85 valence electrons. The van der Waals surface area contributed by atoms with Gasteiger partial charge in [-0.05, 0) is 6.92 Å². The first kappa shape index (κ1) is 13.5. The molecule has 0 aromatic rings. The molecular weight excluding hydrogens is 217 g/mol. The normalized spacial score (nSPS) is 16.9. The Bertz CT molecular complexity index is 193. The molecule has 0 aliphatic rings. The van der Waals surface area contributed by atoms with E-state index in [9.17, 15) is 30.7 Å². The highest BCUT2D eigenvalue weighted by Crippen LogP contribution is 2.45.